The fraction of sp³-hybridized carbons (Fsp3) is 0.211. The quantitative estimate of drug-likeness (QED) is 0.794. The van der Waals surface area contributed by atoms with Crippen molar-refractivity contribution in [3.63, 3.8) is 0 Å². The summed E-state index contributed by atoms with van der Waals surface area (Å²) in [5.41, 5.74) is 1.86. The first-order valence-corrected chi connectivity index (χ1v) is 7.57. The number of hydrogen-bond donors (Lipinski definition) is 1. The Labute approximate surface area is 140 Å². The minimum absolute atomic E-state index is 0.0104. The van der Waals surface area contributed by atoms with Crippen molar-refractivity contribution in [2.75, 3.05) is 0 Å². The number of aliphatic carboxylic acids is 1. The highest BCUT2D eigenvalue weighted by atomic mass is 35.5. The van der Waals surface area contributed by atoms with Crippen LogP contribution in [0, 0.1) is 11.8 Å². The van der Waals surface area contributed by atoms with Gasteiger partial charge in [0.25, 0.3) is 0 Å². The standard InChI is InChI=1S/C19H17ClO3/c1-2-4-16(12-19(21)22)15-7-9-18(10-8-15)23-13-14-5-3-6-17(20)11-14/h3,5-11,16H,12-13H2,1H3,(H,21,22)/t16-/m1/s1. The van der Waals surface area contributed by atoms with Gasteiger partial charge in [-0.2, -0.15) is 0 Å². The Morgan fingerprint density at radius 3 is 2.61 bits per heavy atom. The van der Waals surface area contributed by atoms with Gasteiger partial charge in [0, 0.05) is 5.02 Å². The lowest BCUT2D eigenvalue weighted by atomic mass is 9.96. The monoisotopic (exact) mass is 328 g/mol. The van der Waals surface area contributed by atoms with E-state index < -0.39 is 5.97 Å². The third-order valence-electron chi connectivity index (χ3n) is 3.27. The Hall–Kier alpha value is -2.44. The van der Waals surface area contributed by atoms with Crippen molar-refractivity contribution in [2.24, 2.45) is 0 Å². The molecule has 0 unspecified atom stereocenters. The van der Waals surface area contributed by atoms with E-state index in [1.807, 2.05) is 48.5 Å². The van der Waals surface area contributed by atoms with Crippen LogP contribution in [0.1, 0.15) is 30.4 Å². The van der Waals surface area contributed by atoms with E-state index in [9.17, 15) is 4.79 Å². The summed E-state index contributed by atoms with van der Waals surface area (Å²) in [5, 5.41) is 9.63. The van der Waals surface area contributed by atoms with Crippen LogP contribution >= 0.6 is 11.6 Å². The molecule has 1 N–H and O–H groups in total. The maximum Gasteiger partial charge on any atom is 0.304 e. The Kier molecular flexibility index (Phi) is 6.08. The summed E-state index contributed by atoms with van der Waals surface area (Å²) in [4.78, 5) is 10.9. The molecule has 3 nitrogen and oxygen atoms in total. The first kappa shape index (κ1) is 16.9. The van der Waals surface area contributed by atoms with Gasteiger partial charge in [-0.1, -0.05) is 41.8 Å². The average Bonchev–Trinajstić information content (AvgIpc) is 2.53. The Balaban J connectivity index is 2.03. The SMILES string of the molecule is CC#C[C@H](CC(=O)O)c1ccc(OCc2cccc(Cl)c2)cc1. The molecule has 0 saturated heterocycles. The Morgan fingerprint density at radius 1 is 1.26 bits per heavy atom. The van der Waals surface area contributed by atoms with E-state index in [2.05, 4.69) is 11.8 Å². The number of ether oxygens (including phenoxy) is 1. The molecule has 2 aromatic carbocycles. The van der Waals surface area contributed by atoms with E-state index in [0.29, 0.717) is 17.4 Å². The molecule has 0 aromatic heterocycles. The molecule has 2 aromatic rings. The second kappa shape index (κ2) is 8.26. The Morgan fingerprint density at radius 2 is 2.00 bits per heavy atom. The van der Waals surface area contributed by atoms with Crippen molar-refractivity contribution in [1.29, 1.82) is 0 Å². The van der Waals surface area contributed by atoms with Gasteiger partial charge in [0.05, 0.1) is 12.3 Å². The summed E-state index contributed by atoms with van der Waals surface area (Å²) < 4.78 is 5.71. The number of carboxylic acid groups (broad SMARTS) is 1. The van der Waals surface area contributed by atoms with Crippen molar-refractivity contribution in [2.45, 2.75) is 25.9 Å². The predicted octanol–water partition coefficient (Wildman–Crippen LogP) is 4.50. The number of rotatable bonds is 6. The first-order chi connectivity index (χ1) is 11.1. The zero-order chi connectivity index (χ0) is 16.7. The van der Waals surface area contributed by atoms with Gasteiger partial charge in [-0.15, -0.1) is 5.92 Å². The van der Waals surface area contributed by atoms with E-state index in [4.69, 9.17) is 21.4 Å². The van der Waals surface area contributed by atoms with Gasteiger partial charge in [-0.25, -0.2) is 0 Å². The van der Waals surface area contributed by atoms with Crippen LogP contribution in [0.15, 0.2) is 48.5 Å². The van der Waals surface area contributed by atoms with Crippen LogP contribution < -0.4 is 4.74 Å². The molecule has 23 heavy (non-hydrogen) atoms. The molecule has 0 amide bonds. The van der Waals surface area contributed by atoms with E-state index in [0.717, 1.165) is 11.1 Å². The minimum Gasteiger partial charge on any atom is -0.489 e. The third kappa shape index (κ3) is 5.36. The van der Waals surface area contributed by atoms with Gasteiger partial charge < -0.3 is 9.84 Å². The molecule has 0 heterocycles. The predicted molar refractivity (Wildman–Crippen MR) is 90.7 cm³/mol. The van der Waals surface area contributed by atoms with Crippen molar-refractivity contribution in [3.05, 3.63) is 64.7 Å². The van der Waals surface area contributed by atoms with E-state index in [1.54, 1.807) is 6.92 Å². The highest BCUT2D eigenvalue weighted by Gasteiger charge is 2.13. The second-order valence-corrected chi connectivity index (χ2v) is 5.47. The van der Waals surface area contributed by atoms with Crippen LogP contribution in [-0.4, -0.2) is 11.1 Å². The largest absolute Gasteiger partial charge is 0.489 e. The van der Waals surface area contributed by atoms with Crippen LogP contribution in [0.25, 0.3) is 0 Å². The van der Waals surface area contributed by atoms with Crippen LogP contribution in [0.4, 0.5) is 0 Å². The zero-order valence-electron chi connectivity index (χ0n) is 12.8. The number of halogens is 1. The molecule has 0 saturated carbocycles. The summed E-state index contributed by atoms with van der Waals surface area (Å²) >= 11 is 5.94. The molecule has 0 aliphatic carbocycles. The second-order valence-electron chi connectivity index (χ2n) is 5.03. The van der Waals surface area contributed by atoms with E-state index in [-0.39, 0.29) is 12.3 Å². The van der Waals surface area contributed by atoms with Gasteiger partial charge >= 0.3 is 5.97 Å². The molecular weight excluding hydrogens is 312 g/mol. The average molecular weight is 329 g/mol. The highest BCUT2D eigenvalue weighted by molar-refractivity contribution is 6.30. The number of carboxylic acids is 1. The molecular formula is C19H17ClO3. The van der Waals surface area contributed by atoms with Gasteiger partial charge in [0.1, 0.15) is 12.4 Å². The van der Waals surface area contributed by atoms with Gasteiger partial charge in [0.2, 0.25) is 0 Å². The van der Waals surface area contributed by atoms with Gasteiger partial charge in [-0.05, 0) is 42.3 Å². The van der Waals surface area contributed by atoms with Crippen LogP contribution in [0.3, 0.4) is 0 Å². The first-order valence-electron chi connectivity index (χ1n) is 7.19. The highest BCUT2D eigenvalue weighted by Crippen LogP contribution is 2.23. The lowest BCUT2D eigenvalue weighted by Gasteiger charge is -2.11. The van der Waals surface area contributed by atoms with Crippen molar-refractivity contribution >= 4 is 17.6 Å². The van der Waals surface area contributed by atoms with E-state index in [1.165, 1.54) is 0 Å². The molecule has 118 valence electrons. The lowest BCUT2D eigenvalue weighted by Crippen LogP contribution is -2.04. The van der Waals surface area contributed by atoms with Gasteiger partial charge in [-0.3, -0.25) is 4.79 Å². The van der Waals surface area contributed by atoms with Crippen molar-refractivity contribution in [3.8, 4) is 17.6 Å². The summed E-state index contributed by atoms with van der Waals surface area (Å²) in [6.07, 6.45) is -0.0104. The maximum atomic E-state index is 10.9. The molecule has 0 spiro atoms. The number of benzene rings is 2. The zero-order valence-corrected chi connectivity index (χ0v) is 13.5. The van der Waals surface area contributed by atoms with Crippen molar-refractivity contribution < 1.29 is 14.6 Å². The lowest BCUT2D eigenvalue weighted by molar-refractivity contribution is -0.137. The summed E-state index contributed by atoms with van der Waals surface area (Å²) in [5.74, 6) is 5.26. The molecule has 0 aliphatic heterocycles. The molecule has 0 bridgehead atoms. The van der Waals surface area contributed by atoms with Crippen LogP contribution in [-0.2, 0) is 11.4 Å². The topological polar surface area (TPSA) is 46.5 Å². The minimum atomic E-state index is -0.862. The Bertz CT molecular complexity index is 726. The normalized spacial score (nSPS) is 11.2. The maximum absolute atomic E-state index is 10.9. The molecule has 0 aliphatic rings. The smallest absolute Gasteiger partial charge is 0.304 e. The summed E-state index contributed by atoms with van der Waals surface area (Å²) in [7, 11) is 0. The van der Waals surface area contributed by atoms with Crippen LogP contribution in [0.5, 0.6) is 5.75 Å². The molecule has 4 heteroatoms. The summed E-state index contributed by atoms with van der Waals surface area (Å²) in [6.45, 7) is 2.13. The fourth-order valence-electron chi connectivity index (χ4n) is 2.19. The molecule has 0 radical (unpaired) electrons. The van der Waals surface area contributed by atoms with Crippen molar-refractivity contribution in [1.82, 2.24) is 0 Å². The number of carbonyl (C=O) groups is 1. The van der Waals surface area contributed by atoms with E-state index >= 15 is 0 Å². The molecule has 2 rings (SSSR count). The summed E-state index contributed by atoms with van der Waals surface area (Å²) in [6, 6.07) is 14.9. The third-order valence-corrected chi connectivity index (χ3v) is 3.51. The van der Waals surface area contributed by atoms with Crippen LogP contribution in [0.2, 0.25) is 5.02 Å². The van der Waals surface area contributed by atoms with Gasteiger partial charge in [0.15, 0.2) is 0 Å². The fourth-order valence-corrected chi connectivity index (χ4v) is 2.40. The molecule has 0 fully saturated rings. The number of hydrogen-bond acceptors (Lipinski definition) is 2. The molecule has 1 atom stereocenters.